The van der Waals surface area contributed by atoms with Crippen molar-refractivity contribution in [1.82, 2.24) is 10.2 Å². The highest BCUT2D eigenvalue weighted by Crippen LogP contribution is 2.48. The van der Waals surface area contributed by atoms with Crippen molar-refractivity contribution in [3.63, 3.8) is 0 Å². The molecule has 7 rings (SSSR count). The summed E-state index contributed by atoms with van der Waals surface area (Å²) in [7, 11) is 0. The van der Waals surface area contributed by atoms with Gasteiger partial charge in [-0.25, -0.2) is 4.79 Å². The zero-order chi connectivity index (χ0) is 24.1. The second-order valence-electron chi connectivity index (χ2n) is 10.4. The second kappa shape index (κ2) is 8.70. The van der Waals surface area contributed by atoms with E-state index in [4.69, 9.17) is 4.74 Å². The van der Waals surface area contributed by atoms with Gasteiger partial charge in [-0.2, -0.15) is 0 Å². The van der Waals surface area contributed by atoms with E-state index in [1.807, 2.05) is 24.3 Å². The number of alkyl carbamates (subject to hydrolysis) is 1. The number of aliphatic carboxylic acids is 1. The molecule has 0 aromatic heterocycles. The van der Waals surface area contributed by atoms with Gasteiger partial charge in [0.2, 0.25) is 5.91 Å². The lowest BCUT2D eigenvalue weighted by Crippen LogP contribution is -2.48. The van der Waals surface area contributed by atoms with Crippen LogP contribution in [0.2, 0.25) is 0 Å². The number of hydrogen-bond acceptors (Lipinski definition) is 4. The maximum absolute atomic E-state index is 13.2. The van der Waals surface area contributed by atoms with Crippen molar-refractivity contribution in [1.29, 1.82) is 0 Å². The number of benzene rings is 2. The Kier molecular flexibility index (Phi) is 5.50. The highest BCUT2D eigenvalue weighted by Gasteiger charge is 2.57. The zero-order valence-corrected chi connectivity index (χ0v) is 19.6. The Bertz CT molecular complexity index is 1130. The van der Waals surface area contributed by atoms with Crippen LogP contribution in [0, 0.1) is 17.8 Å². The van der Waals surface area contributed by atoms with Crippen LogP contribution in [-0.4, -0.2) is 53.2 Å². The summed E-state index contributed by atoms with van der Waals surface area (Å²) in [6.45, 7) is 0.823. The number of fused-ring (bicyclic) bond motifs is 4. The molecule has 4 fully saturated rings. The number of nitrogens with zero attached hydrogens (tertiary/aromatic N) is 1. The molecular formula is C28H30N2O5. The van der Waals surface area contributed by atoms with Gasteiger partial charge in [0.1, 0.15) is 6.61 Å². The Morgan fingerprint density at radius 3 is 2.31 bits per heavy atom. The van der Waals surface area contributed by atoms with E-state index in [2.05, 4.69) is 29.6 Å². The first-order valence-corrected chi connectivity index (χ1v) is 12.7. The van der Waals surface area contributed by atoms with E-state index in [-0.39, 0.29) is 42.4 Å². The molecule has 2 aromatic carbocycles. The third-order valence-electron chi connectivity index (χ3n) is 8.56. The van der Waals surface area contributed by atoms with Gasteiger partial charge in [-0.1, -0.05) is 55.0 Å². The van der Waals surface area contributed by atoms with Gasteiger partial charge in [-0.3, -0.25) is 9.59 Å². The van der Waals surface area contributed by atoms with Crippen LogP contribution in [-0.2, 0) is 14.3 Å². The summed E-state index contributed by atoms with van der Waals surface area (Å²) >= 11 is 0. The molecule has 3 unspecified atom stereocenters. The number of nitrogens with one attached hydrogen (secondary N) is 1. The average molecular weight is 475 g/mol. The highest BCUT2D eigenvalue weighted by atomic mass is 16.5. The van der Waals surface area contributed by atoms with Gasteiger partial charge < -0.3 is 20.1 Å². The predicted octanol–water partition coefficient (Wildman–Crippen LogP) is 4.02. The number of carboxylic acids is 1. The fourth-order valence-electron chi connectivity index (χ4n) is 6.83. The molecule has 35 heavy (non-hydrogen) atoms. The molecule has 2 aliphatic heterocycles. The quantitative estimate of drug-likeness (QED) is 0.683. The standard InChI is InChI=1S/C28H30N2O5/c31-26(30-14-17-13-24(30)25(17)27(32)33)16-6-5-7-18(12-16)29-28(34)35-15-23-21-10-3-1-8-19(21)20-9-2-4-11-22(20)23/h1-4,8-11,16-18,23-25H,5-7,12-15H2,(H,29,34)(H,32,33)/t16-,17?,18-,24?,25?/m1/s1. The molecule has 2 bridgehead atoms. The number of hydrogen-bond donors (Lipinski definition) is 2. The molecule has 2 amide bonds. The lowest BCUT2D eigenvalue weighted by molar-refractivity contribution is -0.149. The molecule has 2 aromatic rings. The zero-order valence-electron chi connectivity index (χ0n) is 19.6. The van der Waals surface area contributed by atoms with Crippen molar-refractivity contribution in [2.45, 2.75) is 50.1 Å². The summed E-state index contributed by atoms with van der Waals surface area (Å²) in [5.74, 6) is -1.20. The molecule has 0 radical (unpaired) electrons. The number of amides is 2. The SMILES string of the molecule is O=C(N[C@@H]1CCC[C@@H](C(=O)N2CC3CC2C3C(=O)O)C1)OCC1c2ccccc2-c2ccccc21. The average Bonchev–Trinajstić information content (AvgIpc) is 3.53. The largest absolute Gasteiger partial charge is 0.481 e. The summed E-state index contributed by atoms with van der Waals surface area (Å²) in [6, 6.07) is 16.2. The van der Waals surface area contributed by atoms with Crippen LogP contribution in [0.15, 0.2) is 48.5 Å². The number of carbonyl (C=O) groups is 3. The van der Waals surface area contributed by atoms with E-state index >= 15 is 0 Å². The summed E-state index contributed by atoms with van der Waals surface area (Å²) in [5.41, 5.74) is 4.73. The molecule has 2 N–H and O–H groups in total. The lowest BCUT2D eigenvalue weighted by Gasteiger charge is -2.36. The van der Waals surface area contributed by atoms with Crippen LogP contribution < -0.4 is 5.32 Å². The minimum Gasteiger partial charge on any atom is -0.481 e. The van der Waals surface area contributed by atoms with E-state index in [1.54, 1.807) is 4.90 Å². The second-order valence-corrected chi connectivity index (χ2v) is 10.4. The molecule has 2 saturated heterocycles. The van der Waals surface area contributed by atoms with Crippen molar-refractivity contribution in [3.05, 3.63) is 59.7 Å². The van der Waals surface area contributed by atoms with Crippen molar-refractivity contribution in [2.24, 2.45) is 17.8 Å². The fraction of sp³-hybridized carbons (Fsp3) is 0.464. The third-order valence-corrected chi connectivity index (χ3v) is 8.56. The minimum atomic E-state index is -0.792. The molecule has 5 aliphatic rings. The molecule has 7 nitrogen and oxygen atoms in total. The maximum Gasteiger partial charge on any atom is 0.407 e. The van der Waals surface area contributed by atoms with E-state index in [9.17, 15) is 19.5 Å². The van der Waals surface area contributed by atoms with E-state index in [1.165, 1.54) is 22.3 Å². The van der Waals surface area contributed by atoms with E-state index < -0.39 is 18.0 Å². The van der Waals surface area contributed by atoms with Gasteiger partial charge in [0.05, 0.1) is 5.92 Å². The van der Waals surface area contributed by atoms with Crippen LogP contribution in [0.25, 0.3) is 11.1 Å². The van der Waals surface area contributed by atoms with Gasteiger partial charge >= 0.3 is 12.1 Å². The number of rotatable bonds is 5. The van der Waals surface area contributed by atoms with Gasteiger partial charge in [-0.15, -0.1) is 0 Å². The molecule has 182 valence electrons. The molecule has 0 spiro atoms. The van der Waals surface area contributed by atoms with Crippen LogP contribution in [0.1, 0.15) is 49.1 Å². The van der Waals surface area contributed by atoms with Crippen molar-refractivity contribution in [3.8, 4) is 11.1 Å². The predicted molar refractivity (Wildman–Crippen MR) is 129 cm³/mol. The first kappa shape index (κ1) is 22.1. The van der Waals surface area contributed by atoms with Crippen LogP contribution in [0.5, 0.6) is 0 Å². The monoisotopic (exact) mass is 474 g/mol. The number of ether oxygens (including phenoxy) is 1. The number of carbonyl (C=O) groups excluding carboxylic acids is 2. The first-order valence-electron chi connectivity index (χ1n) is 12.7. The van der Waals surface area contributed by atoms with E-state index in [0.717, 1.165) is 25.7 Å². The van der Waals surface area contributed by atoms with Crippen LogP contribution in [0.3, 0.4) is 0 Å². The van der Waals surface area contributed by atoms with Gasteiger partial charge in [-0.05, 0) is 53.9 Å². The Balaban J connectivity index is 1.05. The Morgan fingerprint density at radius 2 is 1.66 bits per heavy atom. The number of carboxylic acid groups (broad SMARTS) is 1. The van der Waals surface area contributed by atoms with Crippen molar-refractivity contribution in [2.75, 3.05) is 13.2 Å². The Labute approximate surface area is 204 Å². The molecule has 2 heterocycles. The van der Waals surface area contributed by atoms with Crippen LogP contribution in [0.4, 0.5) is 4.79 Å². The molecule has 2 saturated carbocycles. The van der Waals surface area contributed by atoms with Crippen molar-refractivity contribution >= 4 is 18.0 Å². The molecule has 5 atom stereocenters. The maximum atomic E-state index is 13.2. The smallest absolute Gasteiger partial charge is 0.407 e. The summed E-state index contributed by atoms with van der Waals surface area (Å²) in [5, 5.41) is 12.4. The minimum absolute atomic E-state index is 0.0117. The topological polar surface area (TPSA) is 95.9 Å². The summed E-state index contributed by atoms with van der Waals surface area (Å²) in [4.78, 5) is 39.1. The fourth-order valence-corrected chi connectivity index (χ4v) is 6.83. The third kappa shape index (κ3) is 3.77. The molecule has 3 aliphatic carbocycles. The van der Waals surface area contributed by atoms with Gasteiger partial charge in [0.15, 0.2) is 0 Å². The summed E-state index contributed by atoms with van der Waals surface area (Å²) in [6.07, 6.45) is 3.39. The van der Waals surface area contributed by atoms with Gasteiger partial charge in [0, 0.05) is 30.5 Å². The first-order chi connectivity index (χ1) is 17.0. The Morgan fingerprint density at radius 1 is 0.971 bits per heavy atom. The molecular weight excluding hydrogens is 444 g/mol. The van der Waals surface area contributed by atoms with E-state index in [0.29, 0.717) is 13.0 Å². The summed E-state index contributed by atoms with van der Waals surface area (Å²) < 4.78 is 5.69. The molecule has 7 heteroatoms. The van der Waals surface area contributed by atoms with Gasteiger partial charge in [0.25, 0.3) is 0 Å². The van der Waals surface area contributed by atoms with Crippen molar-refractivity contribution < 1.29 is 24.2 Å². The lowest BCUT2D eigenvalue weighted by atomic mass is 9.74. The van der Waals surface area contributed by atoms with Crippen LogP contribution >= 0.6 is 0 Å². The Hall–Kier alpha value is -3.35. The highest BCUT2D eigenvalue weighted by molar-refractivity contribution is 5.83. The normalized spacial score (nSPS) is 28.6.